The number of ether oxygens (including phenoxy) is 1. The van der Waals surface area contributed by atoms with Crippen molar-refractivity contribution in [3.05, 3.63) is 24.2 Å². The highest BCUT2D eigenvalue weighted by molar-refractivity contribution is 5.75. The van der Waals surface area contributed by atoms with E-state index in [4.69, 9.17) is 9.15 Å². The molecule has 0 aromatic carbocycles. The van der Waals surface area contributed by atoms with Crippen LogP contribution in [0.3, 0.4) is 0 Å². The van der Waals surface area contributed by atoms with Gasteiger partial charge in [0.15, 0.2) is 6.10 Å². The molecule has 0 amide bonds. The van der Waals surface area contributed by atoms with Crippen LogP contribution in [0.15, 0.2) is 23.0 Å². The molecule has 0 saturated carbocycles. The fourth-order valence-corrected chi connectivity index (χ4v) is 1.32. The van der Waals surface area contributed by atoms with Crippen molar-refractivity contribution in [3.8, 4) is 11.8 Å². The lowest BCUT2D eigenvalue weighted by molar-refractivity contribution is -0.156. The van der Waals surface area contributed by atoms with Gasteiger partial charge in [0.2, 0.25) is 0 Å². The summed E-state index contributed by atoms with van der Waals surface area (Å²) < 4.78 is 10.5. The standard InChI is InChI=1S/C16H22O3/c1-5-6-7-8-9-14(13-10-11-18-12-13)19-15(17)16(2,3)4/h10-12,14H,5-7H2,1-4H3. The summed E-state index contributed by atoms with van der Waals surface area (Å²) in [5, 5.41) is 0. The zero-order chi connectivity index (χ0) is 14.3. The second-order valence-electron chi connectivity index (χ2n) is 5.52. The van der Waals surface area contributed by atoms with Gasteiger partial charge in [-0.15, -0.1) is 0 Å². The lowest BCUT2D eigenvalue weighted by Gasteiger charge is -2.19. The second-order valence-corrected chi connectivity index (χ2v) is 5.52. The molecule has 0 aliphatic carbocycles. The quantitative estimate of drug-likeness (QED) is 0.466. The molecule has 1 aromatic rings. The molecule has 0 N–H and O–H groups in total. The summed E-state index contributed by atoms with van der Waals surface area (Å²) in [6, 6.07) is 1.77. The van der Waals surface area contributed by atoms with E-state index in [9.17, 15) is 4.79 Å². The normalized spacial score (nSPS) is 12.4. The number of esters is 1. The number of hydrogen-bond acceptors (Lipinski definition) is 3. The van der Waals surface area contributed by atoms with E-state index in [0.717, 1.165) is 24.8 Å². The number of carbonyl (C=O) groups excluding carboxylic acids is 1. The minimum atomic E-state index is -0.540. The summed E-state index contributed by atoms with van der Waals surface area (Å²) in [5.41, 5.74) is 0.245. The van der Waals surface area contributed by atoms with Gasteiger partial charge in [-0.2, -0.15) is 0 Å². The zero-order valence-corrected chi connectivity index (χ0v) is 12.2. The lowest BCUT2D eigenvalue weighted by atomic mass is 9.97. The van der Waals surface area contributed by atoms with Crippen molar-refractivity contribution < 1.29 is 13.9 Å². The molecule has 0 spiro atoms. The Balaban J connectivity index is 2.76. The highest BCUT2D eigenvalue weighted by Gasteiger charge is 2.26. The molecule has 0 saturated heterocycles. The first-order chi connectivity index (χ1) is 8.95. The molecule has 1 rings (SSSR count). The highest BCUT2D eigenvalue weighted by atomic mass is 16.5. The van der Waals surface area contributed by atoms with Crippen molar-refractivity contribution in [2.24, 2.45) is 5.41 Å². The lowest BCUT2D eigenvalue weighted by Crippen LogP contribution is -2.24. The zero-order valence-electron chi connectivity index (χ0n) is 12.2. The molecule has 1 heterocycles. The maximum atomic E-state index is 11.9. The number of unbranched alkanes of at least 4 members (excludes halogenated alkanes) is 2. The van der Waals surface area contributed by atoms with Gasteiger partial charge >= 0.3 is 5.97 Å². The van der Waals surface area contributed by atoms with E-state index in [1.807, 2.05) is 20.8 Å². The molecule has 0 aliphatic heterocycles. The third-order valence-electron chi connectivity index (χ3n) is 2.57. The maximum absolute atomic E-state index is 11.9. The van der Waals surface area contributed by atoms with Crippen LogP contribution in [0, 0.1) is 17.3 Å². The largest absolute Gasteiger partial charge is 0.472 e. The molecule has 3 heteroatoms. The van der Waals surface area contributed by atoms with Gasteiger partial charge in [-0.25, -0.2) is 0 Å². The van der Waals surface area contributed by atoms with Gasteiger partial charge in [0.25, 0.3) is 0 Å². The Morgan fingerprint density at radius 1 is 1.47 bits per heavy atom. The highest BCUT2D eigenvalue weighted by Crippen LogP contribution is 2.23. The first-order valence-corrected chi connectivity index (χ1v) is 6.66. The van der Waals surface area contributed by atoms with Crippen LogP contribution in [-0.4, -0.2) is 5.97 Å². The third kappa shape index (κ3) is 5.21. The van der Waals surface area contributed by atoms with Gasteiger partial charge in [0.1, 0.15) is 0 Å². The Morgan fingerprint density at radius 2 is 2.21 bits per heavy atom. The molecular formula is C16H22O3. The van der Waals surface area contributed by atoms with E-state index in [1.54, 1.807) is 18.6 Å². The van der Waals surface area contributed by atoms with Crippen molar-refractivity contribution in [1.29, 1.82) is 0 Å². The smallest absolute Gasteiger partial charge is 0.312 e. The third-order valence-corrected chi connectivity index (χ3v) is 2.57. The molecule has 1 aromatic heterocycles. The van der Waals surface area contributed by atoms with E-state index < -0.39 is 11.5 Å². The minimum Gasteiger partial charge on any atom is -0.472 e. The molecule has 104 valence electrons. The van der Waals surface area contributed by atoms with Gasteiger partial charge in [-0.3, -0.25) is 4.79 Å². The molecular weight excluding hydrogens is 240 g/mol. The summed E-state index contributed by atoms with van der Waals surface area (Å²) in [7, 11) is 0. The van der Waals surface area contributed by atoms with Crippen LogP contribution >= 0.6 is 0 Å². The Kier molecular flexibility index (Phi) is 5.69. The Bertz CT molecular complexity index is 441. The first-order valence-electron chi connectivity index (χ1n) is 6.66. The molecule has 0 fully saturated rings. The van der Waals surface area contributed by atoms with Crippen LogP contribution in [0.4, 0.5) is 0 Å². The fourth-order valence-electron chi connectivity index (χ4n) is 1.32. The molecule has 0 bridgehead atoms. The summed E-state index contributed by atoms with van der Waals surface area (Å²) in [6.07, 6.45) is 5.56. The maximum Gasteiger partial charge on any atom is 0.312 e. The molecule has 19 heavy (non-hydrogen) atoms. The SMILES string of the molecule is CCCCC#CC(OC(=O)C(C)(C)C)c1ccoc1. The van der Waals surface area contributed by atoms with Gasteiger partial charge in [-0.05, 0) is 33.3 Å². The van der Waals surface area contributed by atoms with Gasteiger partial charge in [0, 0.05) is 12.0 Å². The predicted octanol–water partition coefficient (Wildman–Crippen LogP) is 4.10. The second kappa shape index (κ2) is 7.04. The van der Waals surface area contributed by atoms with Gasteiger partial charge in [-0.1, -0.05) is 25.2 Å². The topological polar surface area (TPSA) is 39.4 Å². The van der Waals surface area contributed by atoms with E-state index in [-0.39, 0.29) is 5.97 Å². The van der Waals surface area contributed by atoms with Crippen molar-refractivity contribution in [3.63, 3.8) is 0 Å². The summed E-state index contributed by atoms with van der Waals surface area (Å²) in [4.78, 5) is 11.9. The average Bonchev–Trinajstić information content (AvgIpc) is 2.85. The van der Waals surface area contributed by atoms with Crippen molar-refractivity contribution in [1.82, 2.24) is 0 Å². The Morgan fingerprint density at radius 3 is 2.74 bits per heavy atom. The van der Waals surface area contributed by atoms with Crippen LogP contribution in [0.5, 0.6) is 0 Å². The van der Waals surface area contributed by atoms with Crippen molar-refractivity contribution in [2.75, 3.05) is 0 Å². The minimum absolute atomic E-state index is 0.261. The summed E-state index contributed by atoms with van der Waals surface area (Å²) >= 11 is 0. The Labute approximate surface area is 115 Å². The van der Waals surface area contributed by atoms with Crippen LogP contribution in [0.1, 0.15) is 58.6 Å². The predicted molar refractivity (Wildman–Crippen MR) is 74.3 cm³/mol. The van der Waals surface area contributed by atoms with Crippen molar-refractivity contribution >= 4 is 5.97 Å². The molecule has 3 nitrogen and oxygen atoms in total. The molecule has 0 radical (unpaired) electrons. The van der Waals surface area contributed by atoms with Crippen molar-refractivity contribution in [2.45, 2.75) is 53.1 Å². The fraction of sp³-hybridized carbons (Fsp3) is 0.562. The van der Waals surface area contributed by atoms with Crippen LogP contribution in [-0.2, 0) is 9.53 Å². The number of hydrogen-bond donors (Lipinski definition) is 0. The molecule has 0 aliphatic rings. The summed E-state index contributed by atoms with van der Waals surface area (Å²) in [6.45, 7) is 7.60. The summed E-state index contributed by atoms with van der Waals surface area (Å²) in [5.74, 6) is 5.81. The van der Waals surface area contributed by atoms with E-state index in [0.29, 0.717) is 0 Å². The molecule has 1 atom stereocenters. The number of furan rings is 1. The Hall–Kier alpha value is -1.69. The van der Waals surface area contributed by atoms with Crippen LogP contribution in [0.25, 0.3) is 0 Å². The average molecular weight is 262 g/mol. The number of carbonyl (C=O) groups is 1. The van der Waals surface area contributed by atoms with Gasteiger partial charge in [0.05, 0.1) is 17.9 Å². The van der Waals surface area contributed by atoms with Gasteiger partial charge < -0.3 is 9.15 Å². The monoisotopic (exact) mass is 262 g/mol. The van der Waals surface area contributed by atoms with E-state index in [1.165, 1.54) is 0 Å². The number of rotatable bonds is 4. The first kappa shape index (κ1) is 15.4. The van der Waals surface area contributed by atoms with Crippen LogP contribution in [0.2, 0.25) is 0 Å². The van der Waals surface area contributed by atoms with E-state index >= 15 is 0 Å². The van der Waals surface area contributed by atoms with Crippen LogP contribution < -0.4 is 0 Å². The van der Waals surface area contributed by atoms with E-state index in [2.05, 4.69) is 18.8 Å². The molecule has 1 unspecified atom stereocenters.